The van der Waals surface area contributed by atoms with Crippen molar-refractivity contribution < 1.29 is 9.53 Å². The summed E-state index contributed by atoms with van der Waals surface area (Å²) >= 11 is 0. The number of hydrogen-bond donors (Lipinski definition) is 0. The molecule has 1 rings (SSSR count). The molecule has 5 heteroatoms. The fourth-order valence-electron chi connectivity index (χ4n) is 1.34. The van der Waals surface area contributed by atoms with Gasteiger partial charge in [0.1, 0.15) is 7.28 Å². The van der Waals surface area contributed by atoms with E-state index in [4.69, 9.17) is 0 Å². The number of carbonyl (C=O) groups excluding carboxylic acids is 1. The fraction of sp³-hybridized carbons (Fsp3) is 0.267. The Labute approximate surface area is 121 Å². The van der Waals surface area contributed by atoms with E-state index in [2.05, 4.69) is 21.4 Å². The van der Waals surface area contributed by atoms with E-state index in [1.807, 2.05) is 40.0 Å². The molecule has 4 nitrogen and oxygen atoms in total. The number of pyridine rings is 1. The van der Waals surface area contributed by atoms with Crippen LogP contribution in [0.25, 0.3) is 5.57 Å². The standard InChI is InChI=1S/C13H14BN2O2.C2H6/c1-14-5-4-10(7-15-2)11-6-12(9-16-8-11)13(17)18-3;1-2/h4-9H,2H2,1,3H3;1-2H3/b5-4+,10-7+;. The molecule has 1 radical (unpaired) electrons. The minimum Gasteiger partial charge on any atom is -0.465 e. The van der Waals surface area contributed by atoms with Gasteiger partial charge in [-0.25, -0.2) is 4.79 Å². The topological polar surface area (TPSA) is 51.5 Å². The molecule has 0 aromatic carbocycles. The lowest BCUT2D eigenvalue weighted by Crippen LogP contribution is -2.02. The summed E-state index contributed by atoms with van der Waals surface area (Å²) < 4.78 is 4.65. The Kier molecular flexibility index (Phi) is 9.57. The summed E-state index contributed by atoms with van der Waals surface area (Å²) in [6.45, 7) is 9.34. The average molecular weight is 271 g/mol. The van der Waals surface area contributed by atoms with E-state index in [0.29, 0.717) is 5.56 Å². The van der Waals surface area contributed by atoms with E-state index >= 15 is 0 Å². The van der Waals surface area contributed by atoms with Gasteiger partial charge in [-0.2, -0.15) is 0 Å². The molecule has 0 unspecified atom stereocenters. The maximum atomic E-state index is 11.4. The molecule has 105 valence electrons. The molecule has 1 aromatic heterocycles. The Balaban J connectivity index is 0.00000172. The highest BCUT2D eigenvalue weighted by molar-refractivity contribution is 6.40. The van der Waals surface area contributed by atoms with E-state index < -0.39 is 5.97 Å². The highest BCUT2D eigenvalue weighted by Crippen LogP contribution is 2.16. The van der Waals surface area contributed by atoms with Gasteiger partial charge in [0, 0.05) is 29.7 Å². The minimum absolute atomic E-state index is 0.402. The summed E-state index contributed by atoms with van der Waals surface area (Å²) in [5.74, 6) is 1.46. The van der Waals surface area contributed by atoms with Crippen molar-refractivity contribution in [2.24, 2.45) is 4.99 Å². The Morgan fingerprint density at radius 1 is 1.40 bits per heavy atom. The SMILES string of the molecule is C=N/C=C(\C=C\[B]C)c1cncc(C(=O)OC)c1.CC. The van der Waals surface area contributed by atoms with Gasteiger partial charge in [-0.05, 0) is 12.8 Å². The molecule has 0 aliphatic rings. The lowest BCUT2D eigenvalue weighted by Gasteiger charge is -2.04. The van der Waals surface area contributed by atoms with Crippen LogP contribution >= 0.6 is 0 Å². The van der Waals surface area contributed by atoms with Crippen LogP contribution in [0.4, 0.5) is 0 Å². The molecule has 0 aliphatic heterocycles. The zero-order chi connectivity index (χ0) is 15.4. The van der Waals surface area contributed by atoms with E-state index in [0.717, 1.165) is 11.1 Å². The molecule has 0 fully saturated rings. The van der Waals surface area contributed by atoms with Gasteiger partial charge in [0.05, 0.1) is 12.7 Å². The molecular weight excluding hydrogens is 251 g/mol. The smallest absolute Gasteiger partial charge is 0.339 e. The van der Waals surface area contributed by atoms with Crippen LogP contribution in [-0.4, -0.2) is 32.1 Å². The lowest BCUT2D eigenvalue weighted by atomic mass is 9.81. The highest BCUT2D eigenvalue weighted by Gasteiger charge is 2.07. The molecule has 0 N–H and O–H groups in total. The number of nitrogens with zero attached hydrogens (tertiary/aromatic N) is 2. The van der Waals surface area contributed by atoms with Crippen LogP contribution in [0.1, 0.15) is 29.8 Å². The van der Waals surface area contributed by atoms with Crippen molar-refractivity contribution in [2.45, 2.75) is 20.7 Å². The van der Waals surface area contributed by atoms with Crippen molar-refractivity contribution in [3.05, 3.63) is 47.8 Å². The average Bonchev–Trinajstić information content (AvgIpc) is 2.52. The summed E-state index contributed by atoms with van der Waals surface area (Å²) in [4.78, 5) is 19.2. The summed E-state index contributed by atoms with van der Waals surface area (Å²) in [7, 11) is 3.23. The van der Waals surface area contributed by atoms with E-state index in [1.165, 1.54) is 13.3 Å². The molecule has 0 saturated heterocycles. The Hall–Kier alpha value is -2.17. The maximum absolute atomic E-state index is 11.4. The number of aromatic nitrogens is 1. The van der Waals surface area contributed by atoms with Gasteiger partial charge in [0.15, 0.2) is 0 Å². The summed E-state index contributed by atoms with van der Waals surface area (Å²) in [5, 5.41) is 0. The Morgan fingerprint density at radius 2 is 2.05 bits per heavy atom. The predicted octanol–water partition coefficient (Wildman–Crippen LogP) is 3.20. The van der Waals surface area contributed by atoms with E-state index in [-0.39, 0.29) is 0 Å². The molecule has 0 atom stereocenters. The number of rotatable bonds is 5. The van der Waals surface area contributed by atoms with Crippen LogP contribution in [0.3, 0.4) is 0 Å². The second kappa shape index (κ2) is 10.7. The molecule has 1 aromatic rings. The van der Waals surface area contributed by atoms with Gasteiger partial charge in [0.25, 0.3) is 0 Å². The summed E-state index contributed by atoms with van der Waals surface area (Å²) in [5.41, 5.74) is 2.00. The zero-order valence-electron chi connectivity index (χ0n) is 12.5. The number of allylic oxidation sites excluding steroid dienone is 2. The van der Waals surface area contributed by atoms with Crippen molar-refractivity contribution in [3.63, 3.8) is 0 Å². The summed E-state index contributed by atoms with van der Waals surface area (Å²) in [6.07, 6.45) is 6.60. The van der Waals surface area contributed by atoms with Gasteiger partial charge in [0.2, 0.25) is 0 Å². The normalized spacial score (nSPS) is 10.5. The Morgan fingerprint density at radius 3 is 2.60 bits per heavy atom. The maximum Gasteiger partial charge on any atom is 0.339 e. The first kappa shape index (κ1) is 17.8. The van der Waals surface area contributed by atoms with Crippen molar-refractivity contribution in [1.82, 2.24) is 4.98 Å². The fourth-order valence-corrected chi connectivity index (χ4v) is 1.34. The molecule has 0 spiro atoms. The van der Waals surface area contributed by atoms with Gasteiger partial charge >= 0.3 is 5.97 Å². The lowest BCUT2D eigenvalue weighted by molar-refractivity contribution is 0.0600. The van der Waals surface area contributed by atoms with Gasteiger partial charge in [-0.15, -0.1) is 5.98 Å². The number of methoxy groups -OCH3 is 1. The third kappa shape index (κ3) is 5.65. The van der Waals surface area contributed by atoms with Crippen molar-refractivity contribution in [2.75, 3.05) is 7.11 Å². The Bertz CT molecular complexity index is 496. The minimum atomic E-state index is -0.415. The first-order valence-corrected chi connectivity index (χ1v) is 6.38. The predicted molar refractivity (Wildman–Crippen MR) is 85.2 cm³/mol. The third-order valence-electron chi connectivity index (χ3n) is 2.19. The number of esters is 1. The molecule has 0 aliphatic carbocycles. The van der Waals surface area contributed by atoms with E-state index in [9.17, 15) is 4.79 Å². The van der Waals surface area contributed by atoms with Crippen LogP contribution in [0, 0.1) is 0 Å². The van der Waals surface area contributed by atoms with Crippen LogP contribution in [0.2, 0.25) is 6.82 Å². The monoisotopic (exact) mass is 271 g/mol. The molecule has 1 heterocycles. The van der Waals surface area contributed by atoms with Gasteiger partial charge in [-0.3, -0.25) is 9.98 Å². The molecule has 20 heavy (non-hydrogen) atoms. The molecule has 0 bridgehead atoms. The second-order valence-electron chi connectivity index (χ2n) is 3.41. The van der Waals surface area contributed by atoms with Crippen molar-refractivity contribution >= 4 is 25.5 Å². The number of hydrogen-bond acceptors (Lipinski definition) is 4. The van der Waals surface area contributed by atoms with Crippen LogP contribution in [-0.2, 0) is 4.74 Å². The van der Waals surface area contributed by atoms with Gasteiger partial charge < -0.3 is 4.74 Å². The molecule has 0 amide bonds. The highest BCUT2D eigenvalue weighted by atomic mass is 16.5. The van der Waals surface area contributed by atoms with E-state index in [1.54, 1.807) is 18.5 Å². The summed E-state index contributed by atoms with van der Waals surface area (Å²) in [6, 6.07) is 1.70. The second-order valence-corrected chi connectivity index (χ2v) is 3.41. The number of carbonyl (C=O) groups is 1. The third-order valence-corrected chi connectivity index (χ3v) is 2.19. The first-order valence-electron chi connectivity index (χ1n) is 6.38. The van der Waals surface area contributed by atoms with Gasteiger partial charge in [-0.1, -0.05) is 26.7 Å². The largest absolute Gasteiger partial charge is 0.465 e. The molecule has 0 saturated carbocycles. The van der Waals surface area contributed by atoms with Crippen molar-refractivity contribution in [1.29, 1.82) is 0 Å². The quantitative estimate of drug-likeness (QED) is 0.357. The number of aliphatic imine (C=N–C) groups is 1. The number of ether oxygens (including phenoxy) is 1. The van der Waals surface area contributed by atoms with Crippen LogP contribution in [0.15, 0.2) is 41.7 Å². The molecular formula is C15H20BN2O2. The first-order chi connectivity index (χ1) is 9.72. The van der Waals surface area contributed by atoms with Crippen LogP contribution < -0.4 is 0 Å². The zero-order valence-corrected chi connectivity index (χ0v) is 12.5. The van der Waals surface area contributed by atoms with Crippen molar-refractivity contribution in [3.8, 4) is 0 Å². The van der Waals surface area contributed by atoms with Crippen LogP contribution in [0.5, 0.6) is 0 Å².